The summed E-state index contributed by atoms with van der Waals surface area (Å²) >= 11 is 0. The molecule has 4 heteroatoms. The highest BCUT2D eigenvalue weighted by Crippen LogP contribution is 2.26. The summed E-state index contributed by atoms with van der Waals surface area (Å²) in [5.41, 5.74) is 3.88. The Kier molecular flexibility index (Phi) is 4.79. The summed E-state index contributed by atoms with van der Waals surface area (Å²) in [5.74, 6) is 0.346. The summed E-state index contributed by atoms with van der Waals surface area (Å²) in [6, 6.07) is 6.70. The highest BCUT2D eigenvalue weighted by molar-refractivity contribution is 5.79. The second-order valence-corrected chi connectivity index (χ2v) is 6.43. The van der Waals surface area contributed by atoms with Crippen molar-refractivity contribution in [3.05, 3.63) is 34.9 Å². The van der Waals surface area contributed by atoms with Crippen molar-refractivity contribution in [1.82, 2.24) is 10.2 Å². The van der Waals surface area contributed by atoms with Crippen LogP contribution in [-0.4, -0.2) is 37.0 Å². The molecular weight excluding hydrogens is 276 g/mol. The molecule has 0 aromatic heterocycles. The topological polar surface area (TPSA) is 41.6 Å². The minimum absolute atomic E-state index is 0.137. The number of amides is 1. The second kappa shape index (κ2) is 6.80. The van der Waals surface area contributed by atoms with Crippen molar-refractivity contribution in [1.29, 1.82) is 0 Å². The fourth-order valence-electron chi connectivity index (χ4n) is 3.89. The van der Waals surface area contributed by atoms with Crippen LogP contribution >= 0.6 is 0 Å². The maximum absolute atomic E-state index is 12.5. The molecule has 0 radical (unpaired) electrons. The molecule has 1 N–H and O–H groups in total. The zero-order valence-corrected chi connectivity index (χ0v) is 13.6. The van der Waals surface area contributed by atoms with Crippen LogP contribution in [0.2, 0.25) is 0 Å². The summed E-state index contributed by atoms with van der Waals surface area (Å²) in [6.07, 6.45) is 2.96. The molecule has 2 heterocycles. The number of benzene rings is 1. The van der Waals surface area contributed by atoms with Crippen molar-refractivity contribution < 1.29 is 9.53 Å². The number of carbonyl (C=O) groups excluding carboxylic acids is 1. The molecule has 120 valence electrons. The number of hydrogen-bond donors (Lipinski definition) is 1. The molecule has 0 bridgehead atoms. The van der Waals surface area contributed by atoms with Crippen molar-refractivity contribution in [2.24, 2.45) is 5.92 Å². The van der Waals surface area contributed by atoms with Crippen molar-refractivity contribution >= 4 is 5.91 Å². The average molecular weight is 302 g/mol. The SMILES string of the molecule is CC[C@@H]1[C@@H](C(=O)NCc2cccc3c2CCOC3)CCN1C. The van der Waals surface area contributed by atoms with Gasteiger partial charge in [-0.3, -0.25) is 4.79 Å². The summed E-state index contributed by atoms with van der Waals surface area (Å²) < 4.78 is 5.51. The van der Waals surface area contributed by atoms with Crippen LogP contribution in [-0.2, 0) is 29.1 Å². The lowest BCUT2D eigenvalue weighted by Gasteiger charge is -2.24. The first kappa shape index (κ1) is 15.5. The van der Waals surface area contributed by atoms with Gasteiger partial charge in [0.15, 0.2) is 0 Å². The van der Waals surface area contributed by atoms with Gasteiger partial charge in [-0.15, -0.1) is 0 Å². The molecule has 1 amide bonds. The Bertz CT molecular complexity index is 544. The first-order valence-electron chi connectivity index (χ1n) is 8.36. The Balaban J connectivity index is 1.64. The fourth-order valence-corrected chi connectivity index (χ4v) is 3.89. The Morgan fingerprint density at radius 3 is 3.14 bits per heavy atom. The van der Waals surface area contributed by atoms with Crippen molar-refractivity contribution in [3.8, 4) is 0 Å². The van der Waals surface area contributed by atoms with E-state index in [-0.39, 0.29) is 11.8 Å². The van der Waals surface area contributed by atoms with Gasteiger partial charge in [-0.1, -0.05) is 25.1 Å². The fraction of sp³-hybridized carbons (Fsp3) is 0.611. The summed E-state index contributed by atoms with van der Waals surface area (Å²) in [5, 5.41) is 3.17. The third kappa shape index (κ3) is 3.03. The quantitative estimate of drug-likeness (QED) is 0.926. The molecule has 4 nitrogen and oxygen atoms in total. The molecule has 1 saturated heterocycles. The standard InChI is InChI=1S/C18H26N2O2/c1-3-17-16(7-9-20(17)2)18(21)19-11-13-5-4-6-14-12-22-10-8-15(13)14/h4-6,16-17H,3,7-12H2,1-2H3,(H,19,21)/t16-,17+/m0/s1. The molecule has 3 rings (SSSR count). The van der Waals surface area contributed by atoms with Gasteiger partial charge in [0.1, 0.15) is 0 Å². The van der Waals surface area contributed by atoms with Crippen molar-refractivity contribution in [2.45, 2.75) is 45.4 Å². The third-order valence-electron chi connectivity index (χ3n) is 5.16. The van der Waals surface area contributed by atoms with Crippen LogP contribution in [0, 0.1) is 5.92 Å². The van der Waals surface area contributed by atoms with Gasteiger partial charge in [0.2, 0.25) is 5.91 Å². The first-order valence-corrected chi connectivity index (χ1v) is 8.36. The molecule has 0 aliphatic carbocycles. The lowest BCUT2D eigenvalue weighted by Crippen LogP contribution is -2.38. The molecule has 0 unspecified atom stereocenters. The van der Waals surface area contributed by atoms with Crippen LogP contribution in [0.4, 0.5) is 0 Å². The van der Waals surface area contributed by atoms with E-state index < -0.39 is 0 Å². The van der Waals surface area contributed by atoms with Gasteiger partial charge in [-0.25, -0.2) is 0 Å². The van der Waals surface area contributed by atoms with E-state index in [1.165, 1.54) is 16.7 Å². The van der Waals surface area contributed by atoms with E-state index >= 15 is 0 Å². The molecule has 1 aromatic rings. The van der Waals surface area contributed by atoms with E-state index in [9.17, 15) is 4.79 Å². The molecule has 2 atom stereocenters. The molecule has 2 aliphatic rings. The summed E-state index contributed by atoms with van der Waals surface area (Å²) in [6.45, 7) is 5.30. The molecule has 22 heavy (non-hydrogen) atoms. The number of carbonyl (C=O) groups is 1. The zero-order chi connectivity index (χ0) is 15.5. The van der Waals surface area contributed by atoms with Gasteiger partial charge >= 0.3 is 0 Å². The van der Waals surface area contributed by atoms with Crippen LogP contribution in [0.1, 0.15) is 36.5 Å². The van der Waals surface area contributed by atoms with E-state index in [1.807, 2.05) is 0 Å². The Labute approximate surface area is 132 Å². The first-order chi connectivity index (χ1) is 10.7. The average Bonchev–Trinajstić information content (AvgIpc) is 2.93. The van der Waals surface area contributed by atoms with Crippen LogP contribution in [0.15, 0.2) is 18.2 Å². The third-order valence-corrected chi connectivity index (χ3v) is 5.16. The van der Waals surface area contributed by atoms with Gasteiger partial charge in [0, 0.05) is 12.6 Å². The number of likely N-dealkylation sites (tertiary alicyclic amines) is 1. The van der Waals surface area contributed by atoms with E-state index in [1.54, 1.807) is 0 Å². The van der Waals surface area contributed by atoms with Gasteiger partial charge in [-0.05, 0) is 49.5 Å². The van der Waals surface area contributed by atoms with Gasteiger partial charge < -0.3 is 15.0 Å². The van der Waals surface area contributed by atoms with Crippen LogP contribution in [0.3, 0.4) is 0 Å². The molecular formula is C18H26N2O2. The Morgan fingerprint density at radius 2 is 2.32 bits per heavy atom. The predicted molar refractivity (Wildman–Crippen MR) is 86.5 cm³/mol. The largest absolute Gasteiger partial charge is 0.376 e. The predicted octanol–water partition coefficient (Wildman–Crippen LogP) is 2.11. The number of hydrogen-bond acceptors (Lipinski definition) is 3. The zero-order valence-electron chi connectivity index (χ0n) is 13.6. The molecule has 0 saturated carbocycles. The lowest BCUT2D eigenvalue weighted by molar-refractivity contribution is -0.125. The van der Waals surface area contributed by atoms with Gasteiger partial charge in [0.05, 0.1) is 19.1 Å². The van der Waals surface area contributed by atoms with Crippen LogP contribution in [0.25, 0.3) is 0 Å². The van der Waals surface area contributed by atoms with E-state index in [0.29, 0.717) is 19.2 Å². The van der Waals surface area contributed by atoms with E-state index in [2.05, 4.69) is 42.4 Å². The highest BCUT2D eigenvalue weighted by Gasteiger charge is 2.35. The van der Waals surface area contributed by atoms with E-state index in [4.69, 9.17) is 4.74 Å². The molecule has 1 aromatic carbocycles. The maximum Gasteiger partial charge on any atom is 0.225 e. The molecule has 0 spiro atoms. The minimum Gasteiger partial charge on any atom is -0.376 e. The number of fused-ring (bicyclic) bond motifs is 1. The van der Waals surface area contributed by atoms with E-state index in [0.717, 1.165) is 32.4 Å². The second-order valence-electron chi connectivity index (χ2n) is 6.43. The van der Waals surface area contributed by atoms with Crippen LogP contribution < -0.4 is 5.32 Å². The monoisotopic (exact) mass is 302 g/mol. The number of ether oxygens (including phenoxy) is 1. The number of nitrogens with one attached hydrogen (secondary N) is 1. The highest BCUT2D eigenvalue weighted by atomic mass is 16.5. The van der Waals surface area contributed by atoms with Crippen LogP contribution in [0.5, 0.6) is 0 Å². The van der Waals surface area contributed by atoms with Crippen molar-refractivity contribution in [3.63, 3.8) is 0 Å². The lowest BCUT2D eigenvalue weighted by atomic mass is 9.95. The Morgan fingerprint density at radius 1 is 1.45 bits per heavy atom. The minimum atomic E-state index is 0.137. The van der Waals surface area contributed by atoms with Crippen molar-refractivity contribution in [2.75, 3.05) is 20.2 Å². The smallest absolute Gasteiger partial charge is 0.225 e. The number of nitrogens with zero attached hydrogens (tertiary/aromatic N) is 1. The molecule has 1 fully saturated rings. The maximum atomic E-state index is 12.5. The summed E-state index contributed by atoms with van der Waals surface area (Å²) in [7, 11) is 2.12. The normalized spacial score (nSPS) is 25.0. The van der Waals surface area contributed by atoms with Gasteiger partial charge in [0.25, 0.3) is 0 Å². The Hall–Kier alpha value is -1.39. The summed E-state index contributed by atoms with van der Waals surface area (Å²) in [4.78, 5) is 14.9. The molecule has 2 aliphatic heterocycles. The van der Waals surface area contributed by atoms with Gasteiger partial charge in [-0.2, -0.15) is 0 Å². The number of rotatable bonds is 4.